The van der Waals surface area contributed by atoms with E-state index >= 15 is 0 Å². The molecule has 1 rings (SSSR count). The average Bonchev–Trinajstić information content (AvgIpc) is 2.37. The number of hydrogen-bond acceptors (Lipinski definition) is 5. The molecule has 0 unspecified atom stereocenters. The summed E-state index contributed by atoms with van der Waals surface area (Å²) < 4.78 is 9.65. The van der Waals surface area contributed by atoms with Crippen LogP contribution in [0.25, 0.3) is 6.08 Å². The number of allylic oxidation sites excluding steroid dienone is 1. The van der Waals surface area contributed by atoms with Crippen molar-refractivity contribution in [3.8, 4) is 5.75 Å². The van der Waals surface area contributed by atoms with Crippen molar-refractivity contribution in [1.82, 2.24) is 0 Å². The third-order valence-electron chi connectivity index (χ3n) is 2.29. The largest absolute Gasteiger partial charge is 0.496 e. The topological polar surface area (TPSA) is 78.7 Å². The van der Waals surface area contributed by atoms with E-state index in [0.717, 1.165) is 0 Å². The summed E-state index contributed by atoms with van der Waals surface area (Å²) in [6, 6.07) is 4.63. The first-order valence-corrected chi connectivity index (χ1v) is 5.08. The number of nitro groups is 1. The number of benzene rings is 1. The van der Waals surface area contributed by atoms with Crippen molar-refractivity contribution >= 4 is 12.0 Å². The van der Waals surface area contributed by atoms with Crippen molar-refractivity contribution in [2.75, 3.05) is 14.2 Å². The smallest absolute Gasteiger partial charge is 0.341 e. The number of methoxy groups -OCH3 is 2. The maximum Gasteiger partial charge on any atom is 0.341 e. The van der Waals surface area contributed by atoms with Crippen LogP contribution in [0.2, 0.25) is 0 Å². The van der Waals surface area contributed by atoms with Gasteiger partial charge in [-0.05, 0) is 17.7 Å². The van der Waals surface area contributed by atoms with E-state index in [9.17, 15) is 14.9 Å². The Hall–Kier alpha value is -2.37. The Morgan fingerprint density at radius 1 is 1.39 bits per heavy atom. The maximum atomic E-state index is 11.4. The van der Waals surface area contributed by atoms with E-state index in [2.05, 4.69) is 4.74 Å². The first-order valence-electron chi connectivity index (χ1n) is 5.08. The molecule has 0 atom stereocenters. The summed E-state index contributed by atoms with van der Waals surface area (Å²) in [4.78, 5) is 21.4. The predicted octanol–water partition coefficient (Wildman–Crippen LogP) is 2.12. The monoisotopic (exact) mass is 251 g/mol. The molecule has 18 heavy (non-hydrogen) atoms. The van der Waals surface area contributed by atoms with Crippen LogP contribution < -0.4 is 4.74 Å². The minimum atomic E-state index is -0.520. The standard InChI is InChI=1S/C12H13NO5/c1-8(13(15)16)6-9-4-5-10(12(14)18-3)11(7-9)17-2/h4-7H,1-3H3. The van der Waals surface area contributed by atoms with Gasteiger partial charge in [-0.15, -0.1) is 0 Å². The zero-order valence-electron chi connectivity index (χ0n) is 10.3. The summed E-state index contributed by atoms with van der Waals surface area (Å²) in [7, 11) is 2.68. The lowest BCUT2D eigenvalue weighted by molar-refractivity contribution is -0.422. The molecule has 0 aliphatic rings. The second-order valence-electron chi connectivity index (χ2n) is 3.49. The second kappa shape index (κ2) is 5.81. The van der Waals surface area contributed by atoms with E-state index in [-0.39, 0.29) is 11.3 Å². The summed E-state index contributed by atoms with van der Waals surface area (Å²) in [5.74, 6) is -0.208. The molecule has 96 valence electrons. The summed E-state index contributed by atoms with van der Waals surface area (Å²) in [5, 5.41) is 10.5. The summed E-state index contributed by atoms with van der Waals surface area (Å²) >= 11 is 0. The van der Waals surface area contributed by atoms with Gasteiger partial charge in [-0.2, -0.15) is 0 Å². The zero-order chi connectivity index (χ0) is 13.7. The molecular formula is C12H13NO5. The van der Waals surface area contributed by atoms with Gasteiger partial charge >= 0.3 is 5.97 Å². The zero-order valence-corrected chi connectivity index (χ0v) is 10.3. The van der Waals surface area contributed by atoms with Crippen LogP contribution in [0.15, 0.2) is 23.9 Å². The van der Waals surface area contributed by atoms with Crippen molar-refractivity contribution in [2.24, 2.45) is 0 Å². The van der Waals surface area contributed by atoms with E-state index in [4.69, 9.17) is 4.74 Å². The fourth-order valence-corrected chi connectivity index (χ4v) is 1.37. The third kappa shape index (κ3) is 3.07. The molecule has 0 saturated heterocycles. The Morgan fingerprint density at radius 2 is 2.06 bits per heavy atom. The molecule has 0 bridgehead atoms. The molecule has 1 aromatic rings. The fraction of sp³-hybridized carbons (Fsp3) is 0.250. The summed E-state index contributed by atoms with van der Waals surface area (Å²) in [6.07, 6.45) is 1.39. The Balaban J connectivity index is 3.17. The maximum absolute atomic E-state index is 11.4. The van der Waals surface area contributed by atoms with E-state index in [1.54, 1.807) is 12.1 Å². The second-order valence-corrected chi connectivity index (χ2v) is 3.49. The first kappa shape index (κ1) is 13.7. The van der Waals surface area contributed by atoms with Gasteiger partial charge in [-0.1, -0.05) is 6.07 Å². The van der Waals surface area contributed by atoms with Crippen LogP contribution in [0.1, 0.15) is 22.8 Å². The molecule has 6 nitrogen and oxygen atoms in total. The molecule has 0 aromatic heterocycles. The van der Waals surface area contributed by atoms with Crippen molar-refractivity contribution in [3.63, 3.8) is 0 Å². The lowest BCUT2D eigenvalue weighted by Crippen LogP contribution is -2.04. The molecule has 0 spiro atoms. The molecule has 0 heterocycles. The lowest BCUT2D eigenvalue weighted by Gasteiger charge is -2.07. The molecule has 0 N–H and O–H groups in total. The van der Waals surface area contributed by atoms with Crippen molar-refractivity contribution in [1.29, 1.82) is 0 Å². The van der Waals surface area contributed by atoms with Crippen LogP contribution in [0.3, 0.4) is 0 Å². The SMILES string of the molecule is COC(=O)c1ccc(C=C(C)[N+](=O)[O-])cc1OC. The molecule has 0 saturated carbocycles. The van der Waals surface area contributed by atoms with Gasteiger partial charge in [-0.3, -0.25) is 10.1 Å². The van der Waals surface area contributed by atoms with Gasteiger partial charge < -0.3 is 9.47 Å². The van der Waals surface area contributed by atoms with Gasteiger partial charge in [0.1, 0.15) is 11.3 Å². The number of carbonyl (C=O) groups excluding carboxylic acids is 1. The van der Waals surface area contributed by atoms with Gasteiger partial charge in [0.2, 0.25) is 5.70 Å². The number of carbonyl (C=O) groups is 1. The number of nitrogens with zero attached hydrogens (tertiary/aromatic N) is 1. The van der Waals surface area contributed by atoms with E-state index < -0.39 is 10.9 Å². The Kier molecular flexibility index (Phi) is 4.42. The average molecular weight is 251 g/mol. The summed E-state index contributed by atoms with van der Waals surface area (Å²) in [6.45, 7) is 1.39. The van der Waals surface area contributed by atoms with Crippen molar-refractivity contribution in [2.45, 2.75) is 6.92 Å². The Labute approximate surface area is 104 Å². The highest BCUT2D eigenvalue weighted by molar-refractivity contribution is 5.92. The third-order valence-corrected chi connectivity index (χ3v) is 2.29. The van der Waals surface area contributed by atoms with E-state index in [1.807, 2.05) is 0 Å². The normalized spacial score (nSPS) is 10.9. The summed E-state index contributed by atoms with van der Waals surface area (Å²) in [5.41, 5.74) is 0.854. The molecule has 0 aliphatic carbocycles. The predicted molar refractivity (Wildman–Crippen MR) is 65.0 cm³/mol. The number of hydrogen-bond donors (Lipinski definition) is 0. The molecule has 0 aliphatic heterocycles. The molecule has 1 aromatic carbocycles. The fourth-order valence-electron chi connectivity index (χ4n) is 1.37. The highest BCUT2D eigenvalue weighted by atomic mass is 16.6. The van der Waals surface area contributed by atoms with Gasteiger partial charge in [0, 0.05) is 13.0 Å². The van der Waals surface area contributed by atoms with E-state index in [1.165, 1.54) is 33.3 Å². The minimum Gasteiger partial charge on any atom is -0.496 e. The molecule has 0 radical (unpaired) electrons. The quantitative estimate of drug-likeness (QED) is 0.465. The van der Waals surface area contributed by atoms with Crippen LogP contribution in [0.5, 0.6) is 5.75 Å². The van der Waals surface area contributed by atoms with Gasteiger partial charge in [0.15, 0.2) is 0 Å². The first-order chi connectivity index (χ1) is 8.49. The Bertz CT molecular complexity index is 507. The van der Waals surface area contributed by atoms with Crippen LogP contribution in [-0.2, 0) is 4.74 Å². The van der Waals surface area contributed by atoms with E-state index in [0.29, 0.717) is 11.3 Å². The Morgan fingerprint density at radius 3 is 2.56 bits per heavy atom. The molecular weight excluding hydrogens is 238 g/mol. The molecule has 0 amide bonds. The van der Waals surface area contributed by atoms with Crippen molar-refractivity contribution < 1.29 is 19.2 Å². The minimum absolute atomic E-state index is 0.00266. The van der Waals surface area contributed by atoms with Crippen molar-refractivity contribution in [3.05, 3.63) is 45.1 Å². The van der Waals surface area contributed by atoms with Gasteiger partial charge in [0.05, 0.1) is 19.1 Å². The van der Waals surface area contributed by atoms with Crippen LogP contribution in [0, 0.1) is 10.1 Å². The van der Waals surface area contributed by atoms with Crippen LogP contribution >= 0.6 is 0 Å². The number of esters is 1. The van der Waals surface area contributed by atoms with Gasteiger partial charge in [-0.25, -0.2) is 4.79 Å². The number of ether oxygens (including phenoxy) is 2. The van der Waals surface area contributed by atoms with Crippen LogP contribution in [0.4, 0.5) is 0 Å². The number of rotatable bonds is 4. The molecule has 6 heteroatoms. The van der Waals surface area contributed by atoms with Crippen LogP contribution in [-0.4, -0.2) is 25.1 Å². The van der Waals surface area contributed by atoms with Gasteiger partial charge in [0.25, 0.3) is 0 Å². The highest BCUT2D eigenvalue weighted by Gasteiger charge is 2.13. The molecule has 0 fully saturated rings. The lowest BCUT2D eigenvalue weighted by atomic mass is 10.1. The highest BCUT2D eigenvalue weighted by Crippen LogP contribution is 2.22.